The van der Waals surface area contributed by atoms with E-state index in [9.17, 15) is 13.2 Å². The van der Waals surface area contributed by atoms with Crippen molar-refractivity contribution < 1.29 is 13.2 Å². The topological polar surface area (TPSA) is 132 Å². The number of hydrogen-bond acceptors (Lipinski definition) is 6. The summed E-state index contributed by atoms with van der Waals surface area (Å²) in [6, 6.07) is 4.17. The Labute approximate surface area is 124 Å². The maximum atomic E-state index is 11.6. The highest BCUT2D eigenvalue weighted by molar-refractivity contribution is 7.89. The third kappa shape index (κ3) is 2.34. The van der Waals surface area contributed by atoms with Crippen molar-refractivity contribution in [2.75, 3.05) is 7.11 Å². The molecule has 0 bridgehead atoms. The van der Waals surface area contributed by atoms with E-state index in [1.165, 1.54) is 42.1 Å². The quantitative estimate of drug-likeness (QED) is 0.683. The Balaban J connectivity index is 2.22. The average Bonchev–Trinajstić information content (AvgIpc) is 2.91. The van der Waals surface area contributed by atoms with Gasteiger partial charge in [0.25, 0.3) is 0 Å². The summed E-state index contributed by atoms with van der Waals surface area (Å²) in [5.41, 5.74) is 0.891. The van der Waals surface area contributed by atoms with Crippen LogP contribution in [0.1, 0.15) is 0 Å². The van der Waals surface area contributed by atoms with E-state index in [1.807, 2.05) is 0 Å². The van der Waals surface area contributed by atoms with Gasteiger partial charge in [-0.3, -0.25) is 0 Å². The molecule has 3 aromatic rings. The molecule has 10 heteroatoms. The molecule has 0 unspecified atom stereocenters. The number of aromatic nitrogens is 4. The fourth-order valence-electron chi connectivity index (χ4n) is 2.04. The highest BCUT2D eigenvalue weighted by Crippen LogP contribution is 2.31. The van der Waals surface area contributed by atoms with Crippen LogP contribution in [0.5, 0.6) is 5.75 Å². The van der Waals surface area contributed by atoms with Crippen LogP contribution in [0, 0.1) is 0 Å². The van der Waals surface area contributed by atoms with Gasteiger partial charge in [0.15, 0.2) is 5.65 Å². The van der Waals surface area contributed by atoms with E-state index < -0.39 is 15.7 Å². The summed E-state index contributed by atoms with van der Waals surface area (Å²) in [4.78, 5) is 15.8. The Morgan fingerprint density at radius 3 is 2.77 bits per heavy atom. The van der Waals surface area contributed by atoms with E-state index in [2.05, 4.69) is 15.2 Å². The second-order valence-corrected chi connectivity index (χ2v) is 6.00. The Bertz CT molecular complexity index is 1020. The Morgan fingerprint density at radius 1 is 1.36 bits per heavy atom. The predicted molar refractivity (Wildman–Crippen MR) is 77.0 cm³/mol. The van der Waals surface area contributed by atoms with Gasteiger partial charge in [0.1, 0.15) is 5.75 Å². The van der Waals surface area contributed by atoms with Crippen molar-refractivity contribution in [1.29, 1.82) is 0 Å². The van der Waals surface area contributed by atoms with Gasteiger partial charge in [-0.25, -0.2) is 32.8 Å². The van der Waals surface area contributed by atoms with Gasteiger partial charge in [-0.1, -0.05) is 0 Å². The summed E-state index contributed by atoms with van der Waals surface area (Å²) in [5, 5.41) is 11.0. The third-order valence-corrected chi connectivity index (χ3v) is 3.98. The van der Waals surface area contributed by atoms with Crippen molar-refractivity contribution in [3.8, 4) is 17.0 Å². The number of ether oxygens (including phenoxy) is 1. The van der Waals surface area contributed by atoms with Crippen LogP contribution in [0.2, 0.25) is 0 Å². The molecule has 0 aliphatic heterocycles. The zero-order chi connectivity index (χ0) is 15.9. The molecule has 0 atom stereocenters. The minimum Gasteiger partial charge on any atom is -0.496 e. The molecule has 9 nitrogen and oxygen atoms in total. The van der Waals surface area contributed by atoms with E-state index in [-0.39, 0.29) is 10.6 Å². The molecule has 0 aliphatic carbocycles. The number of rotatable bonds is 3. The molecule has 0 saturated carbocycles. The first kappa shape index (κ1) is 14.2. The monoisotopic (exact) mass is 321 g/mol. The summed E-state index contributed by atoms with van der Waals surface area (Å²) < 4.78 is 29.2. The number of benzene rings is 1. The second-order valence-electron chi connectivity index (χ2n) is 4.44. The Hall–Kier alpha value is -2.72. The maximum absolute atomic E-state index is 11.6. The summed E-state index contributed by atoms with van der Waals surface area (Å²) >= 11 is 0. The smallest absolute Gasteiger partial charge is 0.347 e. The summed E-state index contributed by atoms with van der Waals surface area (Å²) in [5.74, 6) is 0.277. The third-order valence-electron chi connectivity index (χ3n) is 3.07. The van der Waals surface area contributed by atoms with Crippen LogP contribution in [0.4, 0.5) is 0 Å². The number of imidazole rings is 1. The molecule has 0 spiro atoms. The molecule has 1 aromatic carbocycles. The van der Waals surface area contributed by atoms with Gasteiger partial charge in [-0.15, -0.1) is 0 Å². The minimum atomic E-state index is -3.84. The van der Waals surface area contributed by atoms with Crippen LogP contribution in [0.15, 0.2) is 40.3 Å². The van der Waals surface area contributed by atoms with Crippen molar-refractivity contribution in [3.05, 3.63) is 41.1 Å². The van der Waals surface area contributed by atoms with Gasteiger partial charge in [0, 0.05) is 17.8 Å². The highest BCUT2D eigenvalue weighted by Gasteiger charge is 2.15. The first-order chi connectivity index (χ1) is 10.4. The van der Waals surface area contributed by atoms with Crippen LogP contribution in [-0.2, 0) is 10.0 Å². The lowest BCUT2D eigenvalue weighted by atomic mass is 10.1. The van der Waals surface area contributed by atoms with Crippen molar-refractivity contribution in [2.24, 2.45) is 5.14 Å². The lowest BCUT2D eigenvalue weighted by Gasteiger charge is -2.07. The van der Waals surface area contributed by atoms with Gasteiger partial charge in [0.05, 0.1) is 23.9 Å². The van der Waals surface area contributed by atoms with E-state index >= 15 is 0 Å². The first-order valence-electron chi connectivity index (χ1n) is 6.04. The van der Waals surface area contributed by atoms with Crippen molar-refractivity contribution in [3.63, 3.8) is 0 Å². The van der Waals surface area contributed by atoms with Crippen molar-refractivity contribution >= 4 is 15.7 Å². The molecule has 3 N–H and O–H groups in total. The molecule has 114 valence electrons. The largest absolute Gasteiger partial charge is 0.496 e. The number of methoxy groups -OCH3 is 1. The highest BCUT2D eigenvalue weighted by atomic mass is 32.2. The van der Waals surface area contributed by atoms with Gasteiger partial charge >= 0.3 is 5.69 Å². The minimum absolute atomic E-state index is 0.0728. The number of hydrogen-bond donors (Lipinski definition) is 2. The predicted octanol–water partition coefficient (Wildman–Crippen LogP) is -0.259. The van der Waals surface area contributed by atoms with Crippen molar-refractivity contribution in [2.45, 2.75) is 4.90 Å². The van der Waals surface area contributed by atoms with E-state index in [0.29, 0.717) is 16.9 Å². The standard InChI is InChI=1S/C12H11N5O4S/c1-21-10-4-7(22(13,19)20)2-3-8(10)9-6-17-11(15-9)5-14-16-12(17)18/h2-6H,1H3,(H,16,18)(H2,13,19,20). The molecule has 22 heavy (non-hydrogen) atoms. The molecule has 2 aromatic heterocycles. The molecule has 0 aliphatic rings. The molecular formula is C12H11N5O4S. The Kier molecular flexibility index (Phi) is 3.19. The molecular weight excluding hydrogens is 310 g/mol. The molecule has 3 rings (SSSR count). The van der Waals surface area contributed by atoms with E-state index in [4.69, 9.17) is 9.88 Å². The van der Waals surface area contributed by atoms with E-state index in [0.717, 1.165) is 0 Å². The van der Waals surface area contributed by atoms with Crippen LogP contribution in [-0.4, -0.2) is 35.1 Å². The van der Waals surface area contributed by atoms with Crippen LogP contribution < -0.4 is 15.6 Å². The Morgan fingerprint density at radius 2 is 2.14 bits per heavy atom. The number of nitrogens with one attached hydrogen (secondary N) is 1. The number of H-pyrrole nitrogens is 1. The van der Waals surface area contributed by atoms with Crippen LogP contribution in [0.3, 0.4) is 0 Å². The van der Waals surface area contributed by atoms with E-state index in [1.54, 1.807) is 0 Å². The average molecular weight is 321 g/mol. The number of primary sulfonamides is 1. The summed E-state index contributed by atoms with van der Waals surface area (Å²) in [7, 11) is -2.44. The summed E-state index contributed by atoms with van der Waals surface area (Å²) in [6.45, 7) is 0. The number of nitrogens with two attached hydrogens (primary N) is 1. The van der Waals surface area contributed by atoms with Gasteiger partial charge in [-0.05, 0) is 12.1 Å². The molecule has 0 fully saturated rings. The lowest BCUT2D eigenvalue weighted by Crippen LogP contribution is -2.15. The molecule has 2 heterocycles. The number of sulfonamides is 1. The molecule has 0 saturated heterocycles. The number of nitrogens with zero attached hydrogens (tertiary/aromatic N) is 3. The van der Waals surface area contributed by atoms with Gasteiger partial charge in [0.2, 0.25) is 10.0 Å². The van der Waals surface area contributed by atoms with Crippen molar-refractivity contribution in [1.82, 2.24) is 19.6 Å². The van der Waals surface area contributed by atoms with Crippen LogP contribution in [0.25, 0.3) is 16.9 Å². The van der Waals surface area contributed by atoms with Gasteiger partial charge < -0.3 is 4.74 Å². The summed E-state index contributed by atoms with van der Waals surface area (Å²) in [6.07, 6.45) is 2.90. The fraction of sp³-hybridized carbons (Fsp3) is 0.0833. The molecule has 0 amide bonds. The maximum Gasteiger partial charge on any atom is 0.347 e. The second kappa shape index (κ2) is 4.93. The lowest BCUT2D eigenvalue weighted by molar-refractivity contribution is 0.415. The SMILES string of the molecule is COc1cc(S(N)(=O)=O)ccc1-c1cn2c(=O)[nH]ncc2n1. The zero-order valence-corrected chi connectivity index (χ0v) is 12.2. The van der Waals surface area contributed by atoms with Gasteiger partial charge in [-0.2, -0.15) is 5.10 Å². The number of aromatic amines is 1. The zero-order valence-electron chi connectivity index (χ0n) is 11.3. The molecule has 0 radical (unpaired) electrons. The van der Waals surface area contributed by atoms with Crippen LogP contribution >= 0.6 is 0 Å². The first-order valence-corrected chi connectivity index (χ1v) is 7.59. The normalized spacial score (nSPS) is 11.7. The number of fused-ring (bicyclic) bond motifs is 1. The fourth-order valence-corrected chi connectivity index (χ4v) is 2.57.